The van der Waals surface area contributed by atoms with Crippen LogP contribution in [0, 0.1) is 18.3 Å². The van der Waals surface area contributed by atoms with Crippen LogP contribution < -0.4 is 0 Å². The van der Waals surface area contributed by atoms with Crippen molar-refractivity contribution in [2.75, 3.05) is 26.4 Å². The zero-order valence-electron chi connectivity index (χ0n) is 15.9. The topological polar surface area (TPSA) is 67.2 Å². The quantitative estimate of drug-likeness (QED) is 0.441. The second-order valence-corrected chi connectivity index (χ2v) is 8.70. The van der Waals surface area contributed by atoms with Gasteiger partial charge >= 0.3 is 0 Å². The molecule has 4 unspecified atom stereocenters. The Labute approximate surface area is 160 Å². The van der Waals surface area contributed by atoms with Crippen molar-refractivity contribution < 1.29 is 23.7 Å². The zero-order chi connectivity index (χ0) is 18.4. The fourth-order valence-electron chi connectivity index (χ4n) is 4.66. The van der Waals surface area contributed by atoms with Crippen molar-refractivity contribution in [1.82, 2.24) is 0 Å². The van der Waals surface area contributed by atoms with Gasteiger partial charge in [0.25, 0.3) is 0 Å². The van der Waals surface area contributed by atoms with Crippen molar-refractivity contribution in [2.45, 2.75) is 57.0 Å². The molecule has 146 valence electrons. The fraction of sp³-hybridized carbons (Fsp3) is 0.682. The van der Waals surface area contributed by atoms with E-state index in [0.717, 1.165) is 63.2 Å². The van der Waals surface area contributed by atoms with E-state index >= 15 is 0 Å². The van der Waals surface area contributed by atoms with Gasteiger partial charge in [0.15, 0.2) is 5.78 Å². The molecule has 4 atom stereocenters. The van der Waals surface area contributed by atoms with Crippen LogP contribution in [0.25, 0.3) is 0 Å². The van der Waals surface area contributed by atoms with Crippen LogP contribution in [-0.4, -0.2) is 56.6 Å². The lowest BCUT2D eigenvalue weighted by molar-refractivity contribution is 0.0469. The normalized spacial score (nSPS) is 33.8. The fourth-order valence-corrected chi connectivity index (χ4v) is 4.66. The van der Waals surface area contributed by atoms with Gasteiger partial charge in [0.1, 0.15) is 0 Å². The molecule has 0 spiro atoms. The Morgan fingerprint density at radius 1 is 0.926 bits per heavy atom. The van der Waals surface area contributed by atoms with Crippen molar-refractivity contribution in [2.24, 2.45) is 11.3 Å². The Bertz CT molecular complexity index is 672. The molecule has 0 aromatic heterocycles. The van der Waals surface area contributed by atoms with Crippen LogP contribution in [0.4, 0.5) is 0 Å². The maximum atomic E-state index is 14.1. The molecule has 4 aliphatic heterocycles. The van der Waals surface area contributed by atoms with Gasteiger partial charge in [0, 0.05) is 11.0 Å². The SMILES string of the molecule is Cc1ccccc1C(=O)C(CC1CO1)(CC1CO1)C(CC1CO1)CC1CO1. The first-order chi connectivity index (χ1) is 13.1. The van der Waals surface area contributed by atoms with Gasteiger partial charge in [-0.05, 0) is 44.1 Å². The first-order valence-electron chi connectivity index (χ1n) is 10.2. The highest BCUT2D eigenvalue weighted by molar-refractivity contribution is 6.02. The smallest absolute Gasteiger partial charge is 0.169 e. The molecule has 0 bridgehead atoms. The van der Waals surface area contributed by atoms with Crippen molar-refractivity contribution in [1.29, 1.82) is 0 Å². The number of aryl methyl sites for hydroxylation is 1. The Morgan fingerprint density at radius 3 is 1.85 bits per heavy atom. The van der Waals surface area contributed by atoms with Gasteiger partial charge in [0.2, 0.25) is 0 Å². The number of carbonyl (C=O) groups is 1. The molecule has 0 saturated carbocycles. The number of benzene rings is 1. The molecule has 4 saturated heterocycles. The summed E-state index contributed by atoms with van der Waals surface area (Å²) in [5.41, 5.74) is 1.42. The minimum Gasteiger partial charge on any atom is -0.373 e. The summed E-state index contributed by atoms with van der Waals surface area (Å²) < 4.78 is 22.4. The summed E-state index contributed by atoms with van der Waals surface area (Å²) >= 11 is 0. The van der Waals surface area contributed by atoms with E-state index in [9.17, 15) is 4.79 Å². The predicted octanol–water partition coefficient (Wildman–Crippen LogP) is 2.94. The van der Waals surface area contributed by atoms with Crippen LogP contribution >= 0.6 is 0 Å². The molecule has 0 N–H and O–H groups in total. The number of carbonyl (C=O) groups excluding carboxylic acids is 1. The summed E-state index contributed by atoms with van der Waals surface area (Å²) in [6.45, 7) is 5.19. The van der Waals surface area contributed by atoms with Gasteiger partial charge in [-0.3, -0.25) is 4.79 Å². The third-order valence-corrected chi connectivity index (χ3v) is 6.51. The second-order valence-electron chi connectivity index (χ2n) is 8.70. The van der Waals surface area contributed by atoms with Crippen molar-refractivity contribution in [3.05, 3.63) is 35.4 Å². The average molecular weight is 372 g/mol. The number of Topliss-reactive ketones (excluding diaryl/α,β-unsaturated/α-hetero) is 1. The third kappa shape index (κ3) is 4.11. The minimum absolute atomic E-state index is 0.194. The van der Waals surface area contributed by atoms with E-state index in [1.54, 1.807) is 0 Å². The molecule has 5 nitrogen and oxygen atoms in total. The largest absolute Gasteiger partial charge is 0.373 e. The van der Waals surface area contributed by atoms with Gasteiger partial charge < -0.3 is 18.9 Å². The van der Waals surface area contributed by atoms with E-state index < -0.39 is 5.41 Å². The summed E-state index contributed by atoms with van der Waals surface area (Å²) in [7, 11) is 0. The molecule has 0 amide bonds. The average Bonchev–Trinajstić information content (AvgIpc) is 3.49. The molecule has 1 aromatic rings. The summed E-state index contributed by atoms with van der Waals surface area (Å²) in [6.07, 6.45) is 4.39. The van der Waals surface area contributed by atoms with E-state index in [4.69, 9.17) is 18.9 Å². The third-order valence-electron chi connectivity index (χ3n) is 6.51. The molecule has 5 heteroatoms. The highest BCUT2D eigenvalue weighted by atomic mass is 16.6. The maximum absolute atomic E-state index is 14.1. The first kappa shape index (κ1) is 17.8. The predicted molar refractivity (Wildman–Crippen MR) is 98.9 cm³/mol. The number of ether oxygens (including phenoxy) is 4. The monoisotopic (exact) mass is 372 g/mol. The summed E-state index contributed by atoms with van der Waals surface area (Å²) in [4.78, 5) is 14.1. The summed E-state index contributed by atoms with van der Waals surface area (Å²) in [5.74, 6) is 0.496. The Balaban J connectivity index is 1.52. The van der Waals surface area contributed by atoms with Crippen LogP contribution in [-0.2, 0) is 18.9 Å². The lowest BCUT2D eigenvalue weighted by Crippen LogP contribution is -2.43. The Morgan fingerprint density at radius 2 is 1.41 bits per heavy atom. The molecular formula is C22H28O5. The molecule has 4 fully saturated rings. The molecule has 1 aromatic carbocycles. The van der Waals surface area contributed by atoms with Gasteiger partial charge in [-0.25, -0.2) is 0 Å². The van der Waals surface area contributed by atoms with E-state index in [1.165, 1.54) is 0 Å². The first-order valence-corrected chi connectivity index (χ1v) is 10.2. The molecule has 5 rings (SSSR count). The van der Waals surface area contributed by atoms with E-state index in [1.807, 2.05) is 31.2 Å². The number of hydrogen-bond acceptors (Lipinski definition) is 5. The number of rotatable bonds is 11. The van der Waals surface area contributed by atoms with E-state index in [2.05, 4.69) is 0 Å². The lowest BCUT2D eigenvalue weighted by atomic mass is 9.61. The van der Waals surface area contributed by atoms with Gasteiger partial charge in [-0.2, -0.15) is 0 Å². The molecule has 0 radical (unpaired) electrons. The second kappa shape index (κ2) is 6.96. The standard InChI is InChI=1S/C22H28O5/c1-14-4-2-3-5-20(14)21(23)22(8-18-12-26-18,9-19-13-27-19)15(6-16-10-24-16)7-17-11-25-17/h2-5,15-19H,6-13H2,1H3. The van der Waals surface area contributed by atoms with Crippen LogP contribution in [0.2, 0.25) is 0 Å². The molecule has 0 aliphatic carbocycles. The maximum Gasteiger partial charge on any atom is 0.169 e. The number of ketones is 1. The minimum atomic E-state index is -0.466. The van der Waals surface area contributed by atoms with Crippen LogP contribution in [0.3, 0.4) is 0 Å². The van der Waals surface area contributed by atoms with E-state index in [-0.39, 0.29) is 36.1 Å². The van der Waals surface area contributed by atoms with Crippen LogP contribution in [0.15, 0.2) is 24.3 Å². The molecule has 4 aliphatic rings. The van der Waals surface area contributed by atoms with Gasteiger partial charge in [-0.15, -0.1) is 0 Å². The number of epoxide rings is 4. The molecule has 4 heterocycles. The van der Waals surface area contributed by atoms with E-state index in [0.29, 0.717) is 0 Å². The number of hydrogen-bond donors (Lipinski definition) is 0. The van der Waals surface area contributed by atoms with Crippen molar-refractivity contribution in [3.8, 4) is 0 Å². The molecular weight excluding hydrogens is 344 g/mol. The van der Waals surface area contributed by atoms with Gasteiger partial charge in [0.05, 0.1) is 50.8 Å². The highest BCUT2D eigenvalue weighted by Crippen LogP contribution is 2.51. The van der Waals surface area contributed by atoms with Crippen molar-refractivity contribution in [3.63, 3.8) is 0 Å². The van der Waals surface area contributed by atoms with Gasteiger partial charge in [-0.1, -0.05) is 24.3 Å². The Hall–Kier alpha value is -1.27. The Kier molecular flexibility index (Phi) is 4.59. The lowest BCUT2D eigenvalue weighted by Gasteiger charge is -2.40. The van der Waals surface area contributed by atoms with Crippen LogP contribution in [0.5, 0.6) is 0 Å². The van der Waals surface area contributed by atoms with Crippen molar-refractivity contribution >= 4 is 5.78 Å². The summed E-state index contributed by atoms with van der Waals surface area (Å²) in [6, 6.07) is 7.97. The highest BCUT2D eigenvalue weighted by Gasteiger charge is 2.54. The summed E-state index contributed by atoms with van der Waals surface area (Å²) in [5, 5.41) is 0. The zero-order valence-corrected chi connectivity index (χ0v) is 15.9. The van der Waals surface area contributed by atoms with Crippen LogP contribution in [0.1, 0.15) is 41.6 Å². The molecule has 27 heavy (non-hydrogen) atoms.